The Morgan fingerprint density at radius 3 is 2.59 bits per heavy atom. The van der Waals surface area contributed by atoms with Crippen molar-refractivity contribution in [3.05, 3.63) is 71.7 Å². The van der Waals surface area contributed by atoms with Gasteiger partial charge in [0.2, 0.25) is 0 Å². The van der Waals surface area contributed by atoms with E-state index in [0.717, 1.165) is 11.1 Å². The van der Waals surface area contributed by atoms with Gasteiger partial charge in [0, 0.05) is 18.6 Å². The van der Waals surface area contributed by atoms with Crippen LogP contribution in [0, 0.1) is 18.3 Å². The van der Waals surface area contributed by atoms with Crippen molar-refractivity contribution in [3.8, 4) is 29.1 Å². The maximum Gasteiger partial charge on any atom is 0.308 e. The molecule has 0 aliphatic carbocycles. The predicted molar refractivity (Wildman–Crippen MR) is 96.8 cm³/mol. The summed E-state index contributed by atoms with van der Waals surface area (Å²) >= 11 is 0. The Bertz CT molecular complexity index is 986. The summed E-state index contributed by atoms with van der Waals surface area (Å²) in [4.78, 5) is 11.1. The van der Waals surface area contributed by atoms with Crippen molar-refractivity contribution in [2.75, 3.05) is 0 Å². The number of esters is 1. The number of aryl methyl sites for hydroxylation is 1. The number of nitriles is 1. The van der Waals surface area contributed by atoms with E-state index < -0.39 is 0 Å². The molecule has 3 rings (SSSR count). The molecule has 0 saturated heterocycles. The quantitative estimate of drug-likeness (QED) is 0.464. The number of hydrogen-bond acceptors (Lipinski definition) is 6. The summed E-state index contributed by atoms with van der Waals surface area (Å²) in [7, 11) is 0. The summed E-state index contributed by atoms with van der Waals surface area (Å²) < 4.78 is 21.7. The average molecular weight is 363 g/mol. The lowest BCUT2D eigenvalue weighted by atomic mass is 10.2. The molecule has 3 aromatic rings. The lowest BCUT2D eigenvalue weighted by Crippen LogP contribution is -2.02. The largest absolute Gasteiger partial charge is 0.489 e. The molecule has 0 unspecified atom stereocenters. The number of benzene rings is 2. The zero-order valence-electron chi connectivity index (χ0n) is 14.9. The van der Waals surface area contributed by atoms with Gasteiger partial charge in [-0.25, -0.2) is 0 Å². The Morgan fingerprint density at radius 1 is 1.11 bits per heavy atom. The van der Waals surface area contributed by atoms with Crippen molar-refractivity contribution in [3.63, 3.8) is 0 Å². The molecule has 0 amide bonds. The molecule has 6 nitrogen and oxygen atoms in total. The summed E-state index contributed by atoms with van der Waals surface area (Å²) in [6, 6.07) is 14.0. The van der Waals surface area contributed by atoms with E-state index in [1.807, 2.05) is 6.07 Å². The summed E-state index contributed by atoms with van der Waals surface area (Å²) in [6.45, 7) is 3.50. The number of ether oxygens (including phenoxy) is 3. The van der Waals surface area contributed by atoms with Crippen LogP contribution >= 0.6 is 0 Å². The standard InChI is InChI=1S/C21H17NO5/c1-14-9-19(5-6-20(14)26-15(2)23)27-21-10-18(4-3-17(21)11-22)25-13-16-7-8-24-12-16/h3-10,12H,13H2,1-2H3. The summed E-state index contributed by atoms with van der Waals surface area (Å²) in [5.41, 5.74) is 2.03. The van der Waals surface area contributed by atoms with Crippen molar-refractivity contribution >= 4 is 5.97 Å². The van der Waals surface area contributed by atoms with E-state index in [-0.39, 0.29) is 5.97 Å². The van der Waals surface area contributed by atoms with Gasteiger partial charge in [0.25, 0.3) is 0 Å². The normalized spacial score (nSPS) is 10.1. The van der Waals surface area contributed by atoms with E-state index in [1.54, 1.807) is 55.8 Å². The highest BCUT2D eigenvalue weighted by Gasteiger charge is 2.10. The summed E-state index contributed by atoms with van der Waals surface area (Å²) in [6.07, 6.45) is 3.18. The molecule has 0 bridgehead atoms. The molecular formula is C21H17NO5. The molecule has 6 heteroatoms. The number of furan rings is 1. The van der Waals surface area contributed by atoms with E-state index in [9.17, 15) is 10.1 Å². The third-order valence-corrected chi connectivity index (χ3v) is 3.69. The first kappa shape index (κ1) is 18.1. The Morgan fingerprint density at radius 2 is 1.93 bits per heavy atom. The molecule has 0 saturated carbocycles. The van der Waals surface area contributed by atoms with Crippen LogP contribution in [0.15, 0.2) is 59.4 Å². The topological polar surface area (TPSA) is 81.7 Å². The maximum atomic E-state index is 11.1. The second-order valence-electron chi connectivity index (χ2n) is 5.81. The van der Waals surface area contributed by atoms with E-state index in [4.69, 9.17) is 18.6 Å². The fourth-order valence-electron chi connectivity index (χ4n) is 2.39. The minimum Gasteiger partial charge on any atom is -0.489 e. The number of hydrogen-bond donors (Lipinski definition) is 0. The lowest BCUT2D eigenvalue weighted by Gasteiger charge is -2.12. The number of carbonyl (C=O) groups is 1. The van der Waals surface area contributed by atoms with Gasteiger partial charge in [-0.05, 0) is 48.9 Å². The molecule has 136 valence electrons. The molecule has 0 fully saturated rings. The highest BCUT2D eigenvalue weighted by Crippen LogP contribution is 2.32. The first-order valence-electron chi connectivity index (χ1n) is 8.20. The third-order valence-electron chi connectivity index (χ3n) is 3.69. The average Bonchev–Trinajstić information content (AvgIpc) is 3.16. The minimum atomic E-state index is -0.388. The molecule has 0 aliphatic rings. The van der Waals surface area contributed by atoms with Crippen molar-refractivity contribution in [1.29, 1.82) is 5.26 Å². The van der Waals surface area contributed by atoms with Crippen LogP contribution in [0.1, 0.15) is 23.6 Å². The Kier molecular flexibility index (Phi) is 5.43. The Labute approximate surface area is 156 Å². The second-order valence-corrected chi connectivity index (χ2v) is 5.81. The maximum absolute atomic E-state index is 11.1. The zero-order chi connectivity index (χ0) is 19.2. The van der Waals surface area contributed by atoms with Gasteiger partial charge in [-0.15, -0.1) is 0 Å². The highest BCUT2D eigenvalue weighted by atomic mass is 16.5. The van der Waals surface area contributed by atoms with E-state index in [1.165, 1.54) is 6.92 Å². The molecule has 27 heavy (non-hydrogen) atoms. The Balaban J connectivity index is 1.78. The van der Waals surface area contributed by atoms with Gasteiger partial charge in [0.1, 0.15) is 35.7 Å². The fraction of sp³-hybridized carbons (Fsp3) is 0.143. The van der Waals surface area contributed by atoms with Crippen molar-refractivity contribution in [1.82, 2.24) is 0 Å². The van der Waals surface area contributed by atoms with Crippen LogP contribution < -0.4 is 14.2 Å². The van der Waals surface area contributed by atoms with Crippen LogP contribution in [0.4, 0.5) is 0 Å². The van der Waals surface area contributed by atoms with Crippen LogP contribution in [-0.4, -0.2) is 5.97 Å². The fourth-order valence-corrected chi connectivity index (χ4v) is 2.39. The van der Waals surface area contributed by atoms with Gasteiger partial charge < -0.3 is 18.6 Å². The Hall–Kier alpha value is -3.72. The van der Waals surface area contributed by atoms with Gasteiger partial charge in [-0.3, -0.25) is 4.79 Å². The SMILES string of the molecule is CC(=O)Oc1ccc(Oc2cc(OCc3ccoc3)ccc2C#N)cc1C. The molecule has 0 N–H and O–H groups in total. The minimum absolute atomic E-state index is 0.345. The number of carbonyl (C=O) groups excluding carboxylic acids is 1. The van der Waals surface area contributed by atoms with Crippen LogP contribution in [-0.2, 0) is 11.4 Å². The predicted octanol–water partition coefficient (Wildman–Crippen LogP) is 4.76. The highest BCUT2D eigenvalue weighted by molar-refractivity contribution is 5.70. The first-order valence-corrected chi connectivity index (χ1v) is 8.20. The van der Waals surface area contributed by atoms with Crippen molar-refractivity contribution < 1.29 is 23.4 Å². The second kappa shape index (κ2) is 8.11. The van der Waals surface area contributed by atoms with Crippen molar-refractivity contribution in [2.45, 2.75) is 20.5 Å². The van der Waals surface area contributed by atoms with Gasteiger partial charge >= 0.3 is 5.97 Å². The monoisotopic (exact) mass is 363 g/mol. The van der Waals surface area contributed by atoms with Crippen LogP contribution in [0.3, 0.4) is 0 Å². The molecule has 1 aromatic heterocycles. The van der Waals surface area contributed by atoms with E-state index in [0.29, 0.717) is 35.2 Å². The third kappa shape index (κ3) is 4.67. The molecule has 0 aliphatic heterocycles. The molecule has 0 atom stereocenters. The number of nitrogens with zero attached hydrogens (tertiary/aromatic N) is 1. The summed E-state index contributed by atoms with van der Waals surface area (Å²) in [5, 5.41) is 9.32. The van der Waals surface area contributed by atoms with Gasteiger partial charge in [0.05, 0.1) is 18.1 Å². The van der Waals surface area contributed by atoms with Crippen LogP contribution in [0.5, 0.6) is 23.0 Å². The first-order chi connectivity index (χ1) is 13.0. The molecule has 0 radical (unpaired) electrons. The van der Waals surface area contributed by atoms with Gasteiger partial charge in [0.15, 0.2) is 0 Å². The zero-order valence-corrected chi connectivity index (χ0v) is 14.9. The van der Waals surface area contributed by atoms with Crippen LogP contribution in [0.25, 0.3) is 0 Å². The summed E-state index contributed by atoms with van der Waals surface area (Å²) in [5.74, 6) is 1.54. The molecule has 1 heterocycles. The molecular weight excluding hydrogens is 346 g/mol. The van der Waals surface area contributed by atoms with Gasteiger partial charge in [-0.1, -0.05) is 0 Å². The number of rotatable bonds is 6. The van der Waals surface area contributed by atoms with E-state index in [2.05, 4.69) is 6.07 Å². The smallest absolute Gasteiger partial charge is 0.308 e. The van der Waals surface area contributed by atoms with Crippen molar-refractivity contribution in [2.24, 2.45) is 0 Å². The molecule has 2 aromatic carbocycles. The molecule has 0 spiro atoms. The van der Waals surface area contributed by atoms with Crippen LogP contribution in [0.2, 0.25) is 0 Å². The van der Waals surface area contributed by atoms with Gasteiger partial charge in [-0.2, -0.15) is 5.26 Å². The lowest BCUT2D eigenvalue weighted by molar-refractivity contribution is -0.131. The van der Waals surface area contributed by atoms with E-state index >= 15 is 0 Å².